The topological polar surface area (TPSA) is 104 Å². The molecule has 8 heteroatoms. The zero-order valence-corrected chi connectivity index (χ0v) is 14.0. The van der Waals surface area contributed by atoms with Crippen LogP contribution in [0.25, 0.3) is 11.2 Å². The first-order chi connectivity index (χ1) is 13.2. The van der Waals surface area contributed by atoms with Crippen LogP contribution in [-0.2, 0) is 0 Å². The smallest absolute Gasteiger partial charge is 0.279 e. The molecule has 0 saturated heterocycles. The molecule has 0 bridgehead atoms. The molecule has 0 spiro atoms. The number of nitrogens with one attached hydrogen (secondary N) is 2. The van der Waals surface area contributed by atoms with E-state index in [1.54, 1.807) is 60.7 Å². The lowest BCUT2D eigenvalue weighted by molar-refractivity contribution is 0.0886. The van der Waals surface area contributed by atoms with E-state index in [2.05, 4.69) is 25.4 Å². The largest absolute Gasteiger partial charge is 0.342 e. The molecule has 4 aromatic rings. The van der Waals surface area contributed by atoms with Gasteiger partial charge in [-0.15, -0.1) is 0 Å². The summed E-state index contributed by atoms with van der Waals surface area (Å²) in [5, 5.41) is 1.03. The minimum atomic E-state index is -0.463. The van der Waals surface area contributed by atoms with Crippen LogP contribution in [0.4, 0.5) is 5.95 Å². The highest BCUT2D eigenvalue weighted by atomic mass is 16.2. The molecule has 132 valence electrons. The molecule has 0 fully saturated rings. The fraction of sp³-hybridized carbons (Fsp3) is 0. The van der Waals surface area contributed by atoms with Crippen molar-refractivity contribution in [3.8, 4) is 0 Å². The Morgan fingerprint density at radius 3 is 2.26 bits per heavy atom. The fourth-order valence-corrected chi connectivity index (χ4v) is 2.49. The SMILES string of the molecule is O=C(NN(C(=O)c1ccccc1)c1ncc2[nH]cnc2n1)c1ccccc1. The van der Waals surface area contributed by atoms with E-state index in [9.17, 15) is 9.59 Å². The van der Waals surface area contributed by atoms with E-state index in [1.807, 2.05) is 0 Å². The van der Waals surface area contributed by atoms with Crippen LogP contribution in [0.1, 0.15) is 20.7 Å². The van der Waals surface area contributed by atoms with Gasteiger partial charge >= 0.3 is 0 Å². The molecular weight excluding hydrogens is 344 g/mol. The van der Waals surface area contributed by atoms with Gasteiger partial charge in [-0.3, -0.25) is 15.0 Å². The number of benzene rings is 2. The normalized spacial score (nSPS) is 10.5. The number of amides is 2. The summed E-state index contributed by atoms with van der Waals surface area (Å²) in [6.45, 7) is 0. The Hall–Kier alpha value is -4.07. The van der Waals surface area contributed by atoms with Crippen molar-refractivity contribution in [2.75, 3.05) is 5.01 Å². The van der Waals surface area contributed by atoms with Gasteiger partial charge in [-0.25, -0.2) is 9.97 Å². The van der Waals surface area contributed by atoms with Crippen molar-refractivity contribution >= 4 is 28.9 Å². The molecule has 4 rings (SSSR count). The second kappa shape index (κ2) is 7.04. The van der Waals surface area contributed by atoms with Crippen LogP contribution in [0.3, 0.4) is 0 Å². The standard InChI is InChI=1S/C19H14N6O2/c26-17(13-7-3-1-4-8-13)24-25(18(27)14-9-5-2-6-10-14)19-20-11-15-16(23-19)22-12-21-15/h1-12H,(H,24,26)(H,20,21,22,23). The number of hydrogen-bond acceptors (Lipinski definition) is 5. The molecule has 0 atom stereocenters. The van der Waals surface area contributed by atoms with Crippen LogP contribution < -0.4 is 10.4 Å². The van der Waals surface area contributed by atoms with Crippen molar-refractivity contribution in [3.05, 3.63) is 84.3 Å². The van der Waals surface area contributed by atoms with Gasteiger partial charge < -0.3 is 4.98 Å². The van der Waals surface area contributed by atoms with Gasteiger partial charge in [0.05, 0.1) is 12.5 Å². The molecule has 0 unspecified atom stereocenters. The van der Waals surface area contributed by atoms with Crippen LogP contribution in [0.2, 0.25) is 0 Å². The number of H-pyrrole nitrogens is 1. The molecular formula is C19H14N6O2. The molecule has 27 heavy (non-hydrogen) atoms. The second-order valence-corrected chi connectivity index (χ2v) is 5.62. The third-order valence-electron chi connectivity index (χ3n) is 3.84. The number of nitrogens with zero attached hydrogens (tertiary/aromatic N) is 4. The highest BCUT2D eigenvalue weighted by Crippen LogP contribution is 2.14. The minimum absolute atomic E-state index is 0.0211. The minimum Gasteiger partial charge on any atom is -0.342 e. The summed E-state index contributed by atoms with van der Waals surface area (Å²) in [5.41, 5.74) is 4.39. The Morgan fingerprint density at radius 1 is 0.889 bits per heavy atom. The average Bonchev–Trinajstić information content (AvgIpc) is 3.20. The summed E-state index contributed by atoms with van der Waals surface area (Å²) >= 11 is 0. The summed E-state index contributed by atoms with van der Waals surface area (Å²) < 4.78 is 0. The predicted molar refractivity (Wildman–Crippen MR) is 98.8 cm³/mol. The van der Waals surface area contributed by atoms with E-state index in [0.29, 0.717) is 22.3 Å². The molecule has 0 aliphatic carbocycles. The van der Waals surface area contributed by atoms with Gasteiger partial charge in [0.1, 0.15) is 5.52 Å². The number of aromatic nitrogens is 4. The van der Waals surface area contributed by atoms with Crippen LogP contribution in [0, 0.1) is 0 Å². The third kappa shape index (κ3) is 3.36. The monoisotopic (exact) mass is 358 g/mol. The maximum atomic E-state index is 13.0. The summed E-state index contributed by atoms with van der Waals surface area (Å²) in [6, 6.07) is 17.2. The maximum absolute atomic E-state index is 13.0. The Bertz CT molecular complexity index is 1090. The summed E-state index contributed by atoms with van der Waals surface area (Å²) in [7, 11) is 0. The van der Waals surface area contributed by atoms with E-state index >= 15 is 0 Å². The van der Waals surface area contributed by atoms with Crippen molar-refractivity contribution in [1.82, 2.24) is 25.4 Å². The number of hydrazine groups is 1. The van der Waals surface area contributed by atoms with E-state index < -0.39 is 11.8 Å². The van der Waals surface area contributed by atoms with Crippen LogP contribution in [0.5, 0.6) is 0 Å². The third-order valence-corrected chi connectivity index (χ3v) is 3.84. The first-order valence-electron chi connectivity index (χ1n) is 8.14. The zero-order valence-electron chi connectivity index (χ0n) is 14.0. The van der Waals surface area contributed by atoms with Crippen molar-refractivity contribution < 1.29 is 9.59 Å². The summed E-state index contributed by atoms with van der Waals surface area (Å²) in [4.78, 5) is 41.0. The van der Waals surface area contributed by atoms with Crippen LogP contribution in [0.15, 0.2) is 73.2 Å². The first-order valence-corrected chi connectivity index (χ1v) is 8.14. The maximum Gasteiger partial charge on any atom is 0.279 e. The molecule has 0 saturated carbocycles. The van der Waals surface area contributed by atoms with Gasteiger partial charge in [0.25, 0.3) is 17.8 Å². The Labute approximate surface area is 153 Å². The van der Waals surface area contributed by atoms with Gasteiger partial charge in [0.15, 0.2) is 5.65 Å². The molecule has 8 nitrogen and oxygen atoms in total. The Morgan fingerprint density at radius 2 is 1.56 bits per heavy atom. The number of carbonyl (C=O) groups excluding carboxylic acids is 2. The first kappa shape index (κ1) is 16.4. The number of anilines is 1. The van der Waals surface area contributed by atoms with Crippen molar-refractivity contribution in [2.24, 2.45) is 0 Å². The molecule has 2 heterocycles. The lowest BCUT2D eigenvalue weighted by Gasteiger charge is -2.21. The Balaban J connectivity index is 1.72. The average molecular weight is 358 g/mol. The van der Waals surface area contributed by atoms with Gasteiger partial charge in [0.2, 0.25) is 0 Å². The number of carbonyl (C=O) groups is 2. The highest BCUT2D eigenvalue weighted by Gasteiger charge is 2.23. The quantitative estimate of drug-likeness (QED) is 0.547. The van der Waals surface area contributed by atoms with E-state index in [-0.39, 0.29) is 5.95 Å². The highest BCUT2D eigenvalue weighted by molar-refractivity contribution is 6.08. The van der Waals surface area contributed by atoms with Gasteiger partial charge in [-0.05, 0) is 24.3 Å². The van der Waals surface area contributed by atoms with E-state index in [0.717, 1.165) is 5.01 Å². The van der Waals surface area contributed by atoms with Crippen molar-refractivity contribution in [1.29, 1.82) is 0 Å². The Kier molecular flexibility index (Phi) is 4.28. The van der Waals surface area contributed by atoms with Gasteiger partial charge in [0, 0.05) is 11.1 Å². The molecule has 2 aromatic heterocycles. The number of fused-ring (bicyclic) bond motifs is 1. The molecule has 2 N–H and O–H groups in total. The number of aromatic amines is 1. The zero-order chi connectivity index (χ0) is 18.6. The van der Waals surface area contributed by atoms with Crippen LogP contribution in [-0.4, -0.2) is 31.8 Å². The number of imidazole rings is 1. The second-order valence-electron chi connectivity index (χ2n) is 5.62. The van der Waals surface area contributed by atoms with Gasteiger partial charge in [-0.2, -0.15) is 9.99 Å². The fourth-order valence-electron chi connectivity index (χ4n) is 2.49. The van der Waals surface area contributed by atoms with Crippen LogP contribution >= 0.6 is 0 Å². The van der Waals surface area contributed by atoms with Gasteiger partial charge in [-0.1, -0.05) is 36.4 Å². The van der Waals surface area contributed by atoms with E-state index in [4.69, 9.17) is 0 Å². The van der Waals surface area contributed by atoms with Crippen molar-refractivity contribution in [2.45, 2.75) is 0 Å². The molecule has 2 aromatic carbocycles. The summed E-state index contributed by atoms with van der Waals surface area (Å²) in [6.07, 6.45) is 2.99. The molecule has 0 aliphatic rings. The predicted octanol–water partition coefficient (Wildman–Crippen LogP) is 2.34. The van der Waals surface area contributed by atoms with E-state index in [1.165, 1.54) is 12.5 Å². The summed E-state index contributed by atoms with van der Waals surface area (Å²) in [5.74, 6) is -0.895. The lowest BCUT2D eigenvalue weighted by Crippen LogP contribution is -2.47. The molecule has 0 aliphatic heterocycles. The lowest BCUT2D eigenvalue weighted by atomic mass is 10.2. The number of rotatable bonds is 3. The van der Waals surface area contributed by atoms with Crippen molar-refractivity contribution in [3.63, 3.8) is 0 Å². The molecule has 0 radical (unpaired) electrons. The number of hydrogen-bond donors (Lipinski definition) is 2. The molecule has 2 amide bonds.